The van der Waals surface area contributed by atoms with Crippen LogP contribution in [0.5, 0.6) is 17.2 Å². The van der Waals surface area contributed by atoms with Crippen LogP contribution in [0.25, 0.3) is 0 Å². The van der Waals surface area contributed by atoms with E-state index < -0.39 is 5.97 Å². The minimum Gasteiger partial charge on any atom is -0.495 e. The molecule has 0 N–H and O–H groups in total. The molecule has 0 bridgehead atoms. The lowest BCUT2D eigenvalue weighted by Crippen LogP contribution is -2.03. The van der Waals surface area contributed by atoms with Gasteiger partial charge in [-0.15, -0.1) is 0 Å². The molecule has 0 aromatic heterocycles. The number of carbonyl (C=O) groups is 1. The average Bonchev–Trinajstić information content (AvgIpc) is 2.17. The first-order chi connectivity index (χ1) is 7.08. The summed E-state index contributed by atoms with van der Waals surface area (Å²) in [4.78, 5) is 10.8. The van der Waals surface area contributed by atoms with E-state index in [0.29, 0.717) is 21.7 Å². The van der Waals surface area contributed by atoms with Crippen molar-refractivity contribution in [2.75, 3.05) is 14.2 Å². The Bertz CT molecular complexity index is 376. The Balaban J connectivity index is 3.15. The topological polar surface area (TPSA) is 44.8 Å². The van der Waals surface area contributed by atoms with E-state index in [-0.39, 0.29) is 0 Å². The molecule has 0 aliphatic carbocycles. The van der Waals surface area contributed by atoms with E-state index in [1.54, 1.807) is 19.2 Å². The summed E-state index contributed by atoms with van der Waals surface area (Å²) in [5.41, 5.74) is 0. The molecule has 0 heterocycles. The fraction of sp³-hybridized carbons (Fsp3) is 0.300. The molecule has 0 unspecified atom stereocenters. The first kappa shape index (κ1) is 11.8. The van der Waals surface area contributed by atoms with E-state index in [1.807, 2.05) is 0 Å². The van der Waals surface area contributed by atoms with Crippen molar-refractivity contribution >= 4 is 21.9 Å². The van der Waals surface area contributed by atoms with E-state index in [1.165, 1.54) is 14.0 Å². The second-order valence-electron chi connectivity index (χ2n) is 2.73. The van der Waals surface area contributed by atoms with Gasteiger partial charge in [-0.05, 0) is 15.9 Å². The van der Waals surface area contributed by atoms with Gasteiger partial charge in [0.15, 0.2) is 11.5 Å². The van der Waals surface area contributed by atoms with Gasteiger partial charge >= 0.3 is 5.97 Å². The summed E-state index contributed by atoms with van der Waals surface area (Å²) < 4.78 is 15.8. The summed E-state index contributed by atoms with van der Waals surface area (Å²) in [6.45, 7) is 1.33. The highest BCUT2D eigenvalue weighted by molar-refractivity contribution is 9.10. The third-order valence-electron chi connectivity index (χ3n) is 1.69. The van der Waals surface area contributed by atoms with Gasteiger partial charge in [0.05, 0.1) is 18.7 Å². The molecule has 0 amide bonds. The molecule has 1 aromatic rings. The van der Waals surface area contributed by atoms with Crippen LogP contribution >= 0.6 is 15.9 Å². The lowest BCUT2D eigenvalue weighted by molar-refractivity contribution is -0.132. The average molecular weight is 275 g/mol. The minimum atomic E-state index is -0.398. The van der Waals surface area contributed by atoms with Crippen LogP contribution in [0.2, 0.25) is 0 Å². The Kier molecular flexibility index (Phi) is 3.96. The van der Waals surface area contributed by atoms with Crippen molar-refractivity contribution in [3.05, 3.63) is 16.6 Å². The van der Waals surface area contributed by atoms with Gasteiger partial charge in [-0.25, -0.2) is 0 Å². The van der Waals surface area contributed by atoms with Crippen molar-refractivity contribution < 1.29 is 19.0 Å². The van der Waals surface area contributed by atoms with Gasteiger partial charge < -0.3 is 14.2 Å². The number of hydrogen-bond donors (Lipinski definition) is 0. The smallest absolute Gasteiger partial charge is 0.308 e. The van der Waals surface area contributed by atoms with E-state index in [2.05, 4.69) is 15.9 Å². The molecule has 0 aliphatic rings. The number of halogens is 1. The molecular formula is C10H11BrO4. The highest BCUT2D eigenvalue weighted by Crippen LogP contribution is 2.37. The quantitative estimate of drug-likeness (QED) is 0.627. The molecule has 0 spiro atoms. The van der Waals surface area contributed by atoms with E-state index in [9.17, 15) is 4.79 Å². The summed E-state index contributed by atoms with van der Waals surface area (Å²) >= 11 is 3.29. The highest BCUT2D eigenvalue weighted by atomic mass is 79.9. The van der Waals surface area contributed by atoms with Crippen LogP contribution in [0.15, 0.2) is 16.6 Å². The monoisotopic (exact) mass is 274 g/mol. The third-order valence-corrected chi connectivity index (χ3v) is 2.31. The van der Waals surface area contributed by atoms with Gasteiger partial charge in [-0.1, -0.05) is 0 Å². The molecule has 15 heavy (non-hydrogen) atoms. The molecule has 0 atom stereocenters. The molecule has 0 fully saturated rings. The van der Waals surface area contributed by atoms with Crippen molar-refractivity contribution in [2.45, 2.75) is 6.92 Å². The van der Waals surface area contributed by atoms with E-state index >= 15 is 0 Å². The summed E-state index contributed by atoms with van der Waals surface area (Å²) in [7, 11) is 3.04. The Morgan fingerprint density at radius 2 is 1.73 bits per heavy atom. The van der Waals surface area contributed by atoms with Crippen molar-refractivity contribution in [1.29, 1.82) is 0 Å². The summed E-state index contributed by atoms with van der Waals surface area (Å²) in [5.74, 6) is 1.02. The molecule has 5 heteroatoms. The molecule has 1 rings (SSSR count). The Labute approximate surface area is 96.3 Å². The maximum atomic E-state index is 10.8. The summed E-state index contributed by atoms with van der Waals surface area (Å²) in [6.07, 6.45) is 0. The maximum absolute atomic E-state index is 10.8. The van der Waals surface area contributed by atoms with Gasteiger partial charge in [0.25, 0.3) is 0 Å². The standard InChI is InChI=1S/C10H11BrO4/c1-6(12)15-10-4-7(11)8(13-2)5-9(10)14-3/h4-5H,1-3H3. The number of hydrogen-bond acceptors (Lipinski definition) is 4. The van der Waals surface area contributed by atoms with Crippen molar-refractivity contribution in [2.24, 2.45) is 0 Å². The fourth-order valence-electron chi connectivity index (χ4n) is 1.07. The molecule has 0 aliphatic heterocycles. The number of methoxy groups -OCH3 is 2. The number of ether oxygens (including phenoxy) is 3. The summed E-state index contributed by atoms with van der Waals surface area (Å²) in [6, 6.07) is 3.27. The molecular weight excluding hydrogens is 264 g/mol. The van der Waals surface area contributed by atoms with Crippen molar-refractivity contribution in [3.8, 4) is 17.2 Å². The predicted molar refractivity (Wildman–Crippen MR) is 58.6 cm³/mol. The molecule has 0 radical (unpaired) electrons. The third kappa shape index (κ3) is 2.86. The van der Waals surface area contributed by atoms with Crippen LogP contribution in [0.1, 0.15) is 6.92 Å². The number of esters is 1. The zero-order valence-corrected chi connectivity index (χ0v) is 10.3. The zero-order chi connectivity index (χ0) is 11.4. The van der Waals surface area contributed by atoms with Crippen LogP contribution in [0, 0.1) is 0 Å². The largest absolute Gasteiger partial charge is 0.495 e. The van der Waals surface area contributed by atoms with Gasteiger partial charge in [0.1, 0.15) is 5.75 Å². The first-order valence-electron chi connectivity index (χ1n) is 4.18. The second kappa shape index (κ2) is 5.02. The van der Waals surface area contributed by atoms with Crippen LogP contribution in [-0.4, -0.2) is 20.2 Å². The molecule has 4 nitrogen and oxygen atoms in total. The zero-order valence-electron chi connectivity index (χ0n) is 8.67. The Hall–Kier alpha value is -1.23. The Morgan fingerprint density at radius 1 is 1.13 bits per heavy atom. The van der Waals surface area contributed by atoms with Gasteiger partial charge in [-0.3, -0.25) is 4.79 Å². The predicted octanol–water partition coefficient (Wildman–Crippen LogP) is 2.39. The fourth-order valence-corrected chi connectivity index (χ4v) is 1.55. The van der Waals surface area contributed by atoms with Gasteiger partial charge in [0.2, 0.25) is 0 Å². The lowest BCUT2D eigenvalue weighted by atomic mass is 10.3. The van der Waals surface area contributed by atoms with Crippen LogP contribution in [0.4, 0.5) is 0 Å². The Morgan fingerprint density at radius 3 is 2.20 bits per heavy atom. The second-order valence-corrected chi connectivity index (χ2v) is 3.59. The molecule has 0 saturated carbocycles. The number of carbonyl (C=O) groups excluding carboxylic acids is 1. The molecule has 82 valence electrons. The summed E-state index contributed by atoms with van der Waals surface area (Å²) in [5, 5.41) is 0. The van der Waals surface area contributed by atoms with Crippen LogP contribution < -0.4 is 14.2 Å². The van der Waals surface area contributed by atoms with Crippen LogP contribution in [-0.2, 0) is 4.79 Å². The molecule has 1 aromatic carbocycles. The van der Waals surface area contributed by atoms with Crippen molar-refractivity contribution in [1.82, 2.24) is 0 Å². The molecule has 0 saturated heterocycles. The maximum Gasteiger partial charge on any atom is 0.308 e. The number of rotatable bonds is 3. The normalized spacial score (nSPS) is 9.60. The van der Waals surface area contributed by atoms with Crippen LogP contribution in [0.3, 0.4) is 0 Å². The van der Waals surface area contributed by atoms with E-state index in [4.69, 9.17) is 14.2 Å². The van der Waals surface area contributed by atoms with E-state index in [0.717, 1.165) is 0 Å². The number of benzene rings is 1. The minimum absolute atomic E-state index is 0.359. The van der Waals surface area contributed by atoms with Gasteiger partial charge in [0, 0.05) is 19.1 Å². The SMILES string of the molecule is COc1cc(OC)c(OC(C)=O)cc1Br. The van der Waals surface area contributed by atoms with Gasteiger partial charge in [-0.2, -0.15) is 0 Å². The first-order valence-corrected chi connectivity index (χ1v) is 4.97. The lowest BCUT2D eigenvalue weighted by Gasteiger charge is -2.11. The highest BCUT2D eigenvalue weighted by Gasteiger charge is 2.11. The van der Waals surface area contributed by atoms with Crippen molar-refractivity contribution in [3.63, 3.8) is 0 Å².